The molecule has 0 bridgehead atoms. The zero-order valence-electron chi connectivity index (χ0n) is 18.1. The molecule has 1 aliphatic heterocycles. The van der Waals surface area contributed by atoms with Crippen LogP contribution >= 0.6 is 11.3 Å². The summed E-state index contributed by atoms with van der Waals surface area (Å²) in [6.45, 7) is 8.31. The quantitative estimate of drug-likeness (QED) is 0.560. The van der Waals surface area contributed by atoms with Crippen molar-refractivity contribution >= 4 is 38.3 Å². The maximum Gasteiger partial charge on any atom is 0.240 e. The Hall–Kier alpha value is -2.68. The van der Waals surface area contributed by atoms with Crippen LogP contribution in [0.1, 0.15) is 12.5 Å². The van der Waals surface area contributed by atoms with Crippen molar-refractivity contribution in [2.45, 2.75) is 13.5 Å². The SMILES string of the molecule is CCN1CCN(CC(=O)Nc2nc3ccc(NCc4ccc(OC)cc4)cc3s2)CC1. The fourth-order valence-corrected chi connectivity index (χ4v) is 4.58. The Bertz CT molecular complexity index is 1010. The number of rotatable bonds is 8. The lowest BCUT2D eigenvalue weighted by Gasteiger charge is -2.33. The number of thiazole rings is 1. The van der Waals surface area contributed by atoms with Crippen molar-refractivity contribution in [3.63, 3.8) is 0 Å². The van der Waals surface area contributed by atoms with E-state index in [4.69, 9.17) is 4.74 Å². The monoisotopic (exact) mass is 439 g/mol. The number of hydrogen-bond acceptors (Lipinski definition) is 7. The summed E-state index contributed by atoms with van der Waals surface area (Å²) in [7, 11) is 1.67. The molecular weight excluding hydrogens is 410 g/mol. The topological polar surface area (TPSA) is 69.7 Å². The van der Waals surface area contributed by atoms with Crippen LogP contribution in [-0.4, -0.2) is 67.1 Å². The van der Waals surface area contributed by atoms with Crippen LogP contribution in [0.15, 0.2) is 42.5 Å². The van der Waals surface area contributed by atoms with Crippen molar-refractivity contribution in [3.8, 4) is 5.75 Å². The first-order chi connectivity index (χ1) is 15.1. The van der Waals surface area contributed by atoms with E-state index in [0.717, 1.165) is 60.9 Å². The number of amides is 1. The highest BCUT2D eigenvalue weighted by Crippen LogP contribution is 2.28. The van der Waals surface area contributed by atoms with Crippen molar-refractivity contribution in [3.05, 3.63) is 48.0 Å². The molecule has 1 amide bonds. The Morgan fingerprint density at radius 3 is 2.55 bits per heavy atom. The van der Waals surface area contributed by atoms with Gasteiger partial charge in [-0.25, -0.2) is 4.98 Å². The molecule has 8 heteroatoms. The third-order valence-electron chi connectivity index (χ3n) is 5.57. The molecule has 0 saturated carbocycles. The molecule has 0 unspecified atom stereocenters. The Labute approximate surface area is 187 Å². The Balaban J connectivity index is 1.32. The molecule has 0 atom stereocenters. The number of nitrogens with zero attached hydrogens (tertiary/aromatic N) is 3. The number of benzene rings is 2. The van der Waals surface area contributed by atoms with Gasteiger partial charge >= 0.3 is 0 Å². The van der Waals surface area contributed by atoms with Gasteiger partial charge in [-0.1, -0.05) is 30.4 Å². The molecular formula is C23H29N5O2S. The van der Waals surface area contributed by atoms with Gasteiger partial charge in [-0.3, -0.25) is 9.69 Å². The number of likely N-dealkylation sites (N-methyl/N-ethyl adjacent to an activating group) is 1. The van der Waals surface area contributed by atoms with Crippen LogP contribution in [0.2, 0.25) is 0 Å². The fourth-order valence-electron chi connectivity index (χ4n) is 3.66. The number of aromatic nitrogens is 1. The predicted octanol–water partition coefficient (Wildman–Crippen LogP) is 3.49. The van der Waals surface area contributed by atoms with Crippen LogP contribution in [0.25, 0.3) is 10.2 Å². The minimum atomic E-state index is 0.00172. The average Bonchev–Trinajstić information content (AvgIpc) is 3.19. The second-order valence-electron chi connectivity index (χ2n) is 7.66. The van der Waals surface area contributed by atoms with Crippen molar-refractivity contribution in [1.29, 1.82) is 0 Å². The first-order valence-corrected chi connectivity index (χ1v) is 11.5. The van der Waals surface area contributed by atoms with E-state index in [-0.39, 0.29) is 5.91 Å². The standard InChI is InChI=1S/C23H29N5O2S/c1-3-27-10-12-28(13-11-27)16-22(29)26-23-25-20-9-6-18(14-21(20)31-23)24-15-17-4-7-19(30-2)8-5-17/h4-9,14,24H,3,10-13,15-16H2,1-2H3,(H,25,26,29). The summed E-state index contributed by atoms with van der Waals surface area (Å²) in [5.41, 5.74) is 3.10. The largest absolute Gasteiger partial charge is 0.497 e. The molecule has 0 spiro atoms. The minimum Gasteiger partial charge on any atom is -0.497 e. The molecule has 3 aromatic rings. The second kappa shape index (κ2) is 10.1. The first-order valence-electron chi connectivity index (χ1n) is 10.6. The molecule has 1 fully saturated rings. The zero-order valence-corrected chi connectivity index (χ0v) is 18.9. The summed E-state index contributed by atoms with van der Waals surface area (Å²) in [5, 5.41) is 7.07. The van der Waals surface area contributed by atoms with Gasteiger partial charge in [-0.2, -0.15) is 0 Å². The second-order valence-corrected chi connectivity index (χ2v) is 8.69. The van der Waals surface area contributed by atoms with Crippen molar-refractivity contribution in [2.75, 3.05) is 57.0 Å². The third kappa shape index (κ3) is 5.72. The number of anilines is 2. The number of piperazine rings is 1. The van der Waals surface area contributed by atoms with Crippen LogP contribution in [0.3, 0.4) is 0 Å². The smallest absolute Gasteiger partial charge is 0.240 e. The van der Waals surface area contributed by atoms with Crippen molar-refractivity contribution < 1.29 is 9.53 Å². The van der Waals surface area contributed by atoms with Gasteiger partial charge in [0.1, 0.15) is 5.75 Å². The molecule has 1 aromatic heterocycles. The van der Waals surface area contributed by atoms with E-state index >= 15 is 0 Å². The van der Waals surface area contributed by atoms with Crippen LogP contribution < -0.4 is 15.4 Å². The van der Waals surface area contributed by atoms with E-state index in [2.05, 4.69) is 38.4 Å². The number of ether oxygens (including phenoxy) is 1. The van der Waals surface area contributed by atoms with Crippen molar-refractivity contribution in [2.24, 2.45) is 0 Å². The van der Waals surface area contributed by atoms with Crippen LogP contribution in [0.5, 0.6) is 5.75 Å². The van der Waals surface area contributed by atoms with E-state index in [1.807, 2.05) is 36.4 Å². The minimum absolute atomic E-state index is 0.00172. The van der Waals surface area contributed by atoms with Gasteiger partial charge in [0.15, 0.2) is 5.13 Å². The maximum atomic E-state index is 12.5. The Morgan fingerprint density at radius 2 is 1.84 bits per heavy atom. The molecule has 0 aliphatic carbocycles. The third-order valence-corrected chi connectivity index (χ3v) is 6.50. The van der Waals surface area contributed by atoms with Gasteiger partial charge in [0.25, 0.3) is 0 Å². The summed E-state index contributed by atoms with van der Waals surface area (Å²) in [4.78, 5) is 21.6. The van der Waals surface area contributed by atoms with E-state index in [1.165, 1.54) is 16.9 Å². The normalized spacial score (nSPS) is 15.2. The highest BCUT2D eigenvalue weighted by Gasteiger charge is 2.18. The van der Waals surface area contributed by atoms with E-state index in [9.17, 15) is 4.79 Å². The molecule has 4 rings (SSSR count). The first kappa shape index (κ1) is 21.5. The lowest BCUT2D eigenvalue weighted by Crippen LogP contribution is -2.48. The zero-order chi connectivity index (χ0) is 21.6. The molecule has 31 heavy (non-hydrogen) atoms. The number of carbonyl (C=O) groups excluding carboxylic acids is 1. The van der Waals surface area contributed by atoms with Crippen LogP contribution in [0.4, 0.5) is 10.8 Å². The van der Waals surface area contributed by atoms with Gasteiger partial charge in [0.2, 0.25) is 5.91 Å². The summed E-state index contributed by atoms with van der Waals surface area (Å²) >= 11 is 1.51. The Kier molecular flexibility index (Phi) is 7.01. The molecule has 7 nitrogen and oxygen atoms in total. The Morgan fingerprint density at radius 1 is 1.10 bits per heavy atom. The fraction of sp³-hybridized carbons (Fsp3) is 0.391. The number of carbonyl (C=O) groups is 1. The summed E-state index contributed by atoms with van der Waals surface area (Å²) in [5.74, 6) is 0.856. The average molecular weight is 440 g/mol. The predicted molar refractivity (Wildman–Crippen MR) is 127 cm³/mol. The van der Waals surface area contributed by atoms with Gasteiger partial charge < -0.3 is 20.3 Å². The molecule has 2 N–H and O–H groups in total. The molecule has 164 valence electrons. The van der Waals surface area contributed by atoms with Crippen LogP contribution in [-0.2, 0) is 11.3 Å². The summed E-state index contributed by atoms with van der Waals surface area (Å²) in [6.07, 6.45) is 0. The van der Waals surface area contributed by atoms with E-state index in [1.54, 1.807) is 7.11 Å². The number of fused-ring (bicyclic) bond motifs is 1. The van der Waals surface area contributed by atoms with Gasteiger partial charge in [-0.05, 0) is 42.4 Å². The van der Waals surface area contributed by atoms with E-state index in [0.29, 0.717) is 11.7 Å². The maximum absolute atomic E-state index is 12.5. The summed E-state index contributed by atoms with van der Waals surface area (Å²) < 4.78 is 6.25. The van der Waals surface area contributed by atoms with Gasteiger partial charge in [0.05, 0.1) is 23.9 Å². The highest BCUT2D eigenvalue weighted by atomic mass is 32.1. The van der Waals surface area contributed by atoms with Gasteiger partial charge in [-0.15, -0.1) is 0 Å². The van der Waals surface area contributed by atoms with E-state index < -0.39 is 0 Å². The molecule has 2 heterocycles. The molecule has 0 radical (unpaired) electrons. The molecule has 1 saturated heterocycles. The lowest BCUT2D eigenvalue weighted by molar-refractivity contribution is -0.117. The summed E-state index contributed by atoms with van der Waals surface area (Å²) in [6, 6.07) is 14.1. The van der Waals surface area contributed by atoms with Gasteiger partial charge in [0, 0.05) is 38.4 Å². The molecule has 2 aromatic carbocycles. The highest BCUT2D eigenvalue weighted by molar-refractivity contribution is 7.22. The number of nitrogens with one attached hydrogen (secondary N) is 2. The lowest BCUT2D eigenvalue weighted by atomic mass is 10.2. The molecule has 1 aliphatic rings. The van der Waals surface area contributed by atoms with Crippen molar-refractivity contribution in [1.82, 2.24) is 14.8 Å². The number of hydrogen-bond donors (Lipinski definition) is 2. The number of methoxy groups -OCH3 is 1. The van der Waals surface area contributed by atoms with Crippen LogP contribution in [0, 0.1) is 0 Å².